The van der Waals surface area contributed by atoms with Crippen molar-refractivity contribution in [3.8, 4) is 5.69 Å². The monoisotopic (exact) mass is 423 g/mol. The Labute approximate surface area is 178 Å². The van der Waals surface area contributed by atoms with Crippen LogP contribution in [0.4, 0.5) is 11.4 Å². The molecule has 1 saturated heterocycles. The summed E-state index contributed by atoms with van der Waals surface area (Å²) in [6.45, 7) is 2.97. The number of hydrogen-bond acceptors (Lipinski definition) is 6. The van der Waals surface area contributed by atoms with Gasteiger partial charge in [-0.05, 0) is 29.8 Å². The third-order valence-electron chi connectivity index (χ3n) is 4.91. The largest absolute Gasteiger partial charge is 0.322 e. The number of imidazole rings is 1. The molecule has 3 aromatic rings. The van der Waals surface area contributed by atoms with Crippen LogP contribution in [0, 0.1) is 10.1 Å². The maximum Gasteiger partial charge on any atom is 0.294 e. The van der Waals surface area contributed by atoms with Crippen LogP contribution in [-0.2, 0) is 6.54 Å². The van der Waals surface area contributed by atoms with Gasteiger partial charge in [-0.1, -0.05) is 12.1 Å². The van der Waals surface area contributed by atoms with Crippen molar-refractivity contribution in [1.82, 2.24) is 14.5 Å². The third kappa shape index (κ3) is 4.69. The van der Waals surface area contributed by atoms with Gasteiger partial charge < -0.3 is 9.88 Å². The van der Waals surface area contributed by atoms with Crippen molar-refractivity contribution in [2.45, 2.75) is 6.54 Å². The quantitative estimate of drug-likeness (QED) is 0.481. The summed E-state index contributed by atoms with van der Waals surface area (Å²) in [6, 6.07) is 12.2. The van der Waals surface area contributed by atoms with E-state index < -0.39 is 4.92 Å². The van der Waals surface area contributed by atoms with Crippen molar-refractivity contribution in [2.75, 3.05) is 29.9 Å². The number of anilines is 1. The highest BCUT2D eigenvalue weighted by Crippen LogP contribution is 2.25. The Kier molecular flexibility index (Phi) is 6.10. The van der Waals surface area contributed by atoms with Gasteiger partial charge >= 0.3 is 0 Å². The molecule has 0 spiro atoms. The van der Waals surface area contributed by atoms with Crippen LogP contribution in [0.5, 0.6) is 0 Å². The Morgan fingerprint density at radius 2 is 2.03 bits per heavy atom. The molecule has 9 heteroatoms. The summed E-state index contributed by atoms with van der Waals surface area (Å²) in [5, 5.41) is 14.4. The van der Waals surface area contributed by atoms with Crippen molar-refractivity contribution in [3.63, 3.8) is 0 Å². The first kappa shape index (κ1) is 20.1. The molecule has 0 aliphatic carbocycles. The summed E-state index contributed by atoms with van der Waals surface area (Å²) in [4.78, 5) is 30.1. The topological polar surface area (TPSA) is 93.3 Å². The second-order valence-electron chi connectivity index (χ2n) is 6.97. The number of carbonyl (C=O) groups is 1. The van der Waals surface area contributed by atoms with Crippen LogP contribution in [0.2, 0.25) is 0 Å². The van der Waals surface area contributed by atoms with Gasteiger partial charge in [0.05, 0.1) is 11.3 Å². The van der Waals surface area contributed by atoms with Gasteiger partial charge in [0.25, 0.3) is 11.6 Å². The number of thioether (sulfide) groups is 1. The summed E-state index contributed by atoms with van der Waals surface area (Å²) in [5.41, 5.74) is 2.23. The minimum absolute atomic E-state index is 0.155. The standard InChI is InChI=1S/C21H21N5O3S/c27-21(17-4-5-19(20(13-17)26(28)29)25-7-6-22-15-25)23-18-3-1-2-16(12-18)14-24-8-10-30-11-9-24/h1-7,12-13,15H,8-11,14H2,(H,23,27). The van der Waals surface area contributed by atoms with Crippen LogP contribution in [-0.4, -0.2) is 49.9 Å². The van der Waals surface area contributed by atoms with Gasteiger partial charge in [-0.25, -0.2) is 4.98 Å². The zero-order chi connectivity index (χ0) is 20.9. The maximum absolute atomic E-state index is 12.7. The summed E-state index contributed by atoms with van der Waals surface area (Å²) >= 11 is 1.97. The summed E-state index contributed by atoms with van der Waals surface area (Å²) in [5.74, 6) is 1.90. The fourth-order valence-electron chi connectivity index (χ4n) is 3.40. The fourth-order valence-corrected chi connectivity index (χ4v) is 4.38. The molecule has 1 fully saturated rings. The van der Waals surface area contributed by atoms with Gasteiger partial charge in [0.1, 0.15) is 5.69 Å². The van der Waals surface area contributed by atoms with Gasteiger partial charge in [-0.2, -0.15) is 11.8 Å². The Hall–Kier alpha value is -3.17. The highest BCUT2D eigenvalue weighted by atomic mass is 32.2. The van der Waals surface area contributed by atoms with E-state index in [2.05, 4.69) is 15.2 Å². The molecule has 1 N–H and O–H groups in total. The van der Waals surface area contributed by atoms with E-state index in [9.17, 15) is 14.9 Å². The molecule has 2 heterocycles. The minimum atomic E-state index is -0.496. The average molecular weight is 423 g/mol. The Morgan fingerprint density at radius 1 is 1.20 bits per heavy atom. The first-order valence-corrected chi connectivity index (χ1v) is 10.7. The number of nitro benzene ring substituents is 1. The van der Waals surface area contributed by atoms with Crippen LogP contribution in [0.3, 0.4) is 0 Å². The highest BCUT2D eigenvalue weighted by molar-refractivity contribution is 7.99. The molecule has 0 atom stereocenters. The Bertz CT molecular complexity index is 1050. The van der Waals surface area contributed by atoms with Gasteiger partial charge in [0.15, 0.2) is 0 Å². The highest BCUT2D eigenvalue weighted by Gasteiger charge is 2.19. The molecule has 1 amide bonds. The van der Waals surface area contributed by atoms with E-state index in [4.69, 9.17) is 0 Å². The van der Waals surface area contributed by atoms with E-state index in [0.29, 0.717) is 11.4 Å². The van der Waals surface area contributed by atoms with Crippen molar-refractivity contribution < 1.29 is 9.72 Å². The summed E-state index contributed by atoms with van der Waals surface area (Å²) in [7, 11) is 0. The molecule has 0 bridgehead atoms. The molecule has 1 aliphatic rings. The van der Waals surface area contributed by atoms with Crippen molar-refractivity contribution >= 4 is 29.0 Å². The predicted octanol–water partition coefficient (Wildman–Crippen LogP) is 3.58. The molecule has 0 unspecified atom stereocenters. The summed E-state index contributed by atoms with van der Waals surface area (Å²) in [6.07, 6.45) is 4.64. The molecule has 2 aromatic carbocycles. The predicted molar refractivity (Wildman–Crippen MR) is 117 cm³/mol. The van der Waals surface area contributed by atoms with Crippen molar-refractivity contribution in [3.05, 3.63) is 82.4 Å². The first-order chi connectivity index (χ1) is 14.6. The zero-order valence-corrected chi connectivity index (χ0v) is 17.0. The normalized spacial score (nSPS) is 14.4. The lowest BCUT2D eigenvalue weighted by atomic mass is 10.1. The van der Waals surface area contributed by atoms with Crippen molar-refractivity contribution in [1.29, 1.82) is 0 Å². The second-order valence-corrected chi connectivity index (χ2v) is 8.20. The average Bonchev–Trinajstić information content (AvgIpc) is 3.29. The number of aromatic nitrogens is 2. The second kappa shape index (κ2) is 9.10. The van der Waals surface area contributed by atoms with Gasteiger partial charge in [0, 0.05) is 60.9 Å². The fraction of sp³-hybridized carbons (Fsp3) is 0.238. The molecular formula is C21H21N5O3S. The van der Waals surface area contributed by atoms with Gasteiger partial charge in [-0.15, -0.1) is 0 Å². The molecule has 1 aliphatic heterocycles. The Morgan fingerprint density at radius 3 is 2.77 bits per heavy atom. The lowest BCUT2D eigenvalue weighted by Crippen LogP contribution is -2.31. The summed E-state index contributed by atoms with van der Waals surface area (Å²) < 4.78 is 1.54. The zero-order valence-electron chi connectivity index (χ0n) is 16.2. The third-order valence-corrected chi connectivity index (χ3v) is 5.85. The van der Waals surface area contributed by atoms with Crippen LogP contribution in [0.1, 0.15) is 15.9 Å². The number of hydrogen-bond donors (Lipinski definition) is 1. The number of rotatable bonds is 6. The SMILES string of the molecule is O=C(Nc1cccc(CN2CCSCC2)c1)c1ccc(-n2ccnc2)c([N+](=O)[O-])c1. The van der Waals surface area contributed by atoms with E-state index in [1.807, 2.05) is 36.0 Å². The molecule has 4 rings (SSSR count). The number of nitrogens with zero attached hydrogens (tertiary/aromatic N) is 4. The van der Waals surface area contributed by atoms with Gasteiger partial charge in [-0.3, -0.25) is 19.8 Å². The van der Waals surface area contributed by atoms with E-state index in [-0.39, 0.29) is 17.2 Å². The van der Waals surface area contributed by atoms with E-state index in [1.165, 1.54) is 12.4 Å². The first-order valence-electron chi connectivity index (χ1n) is 9.57. The molecule has 8 nitrogen and oxygen atoms in total. The lowest BCUT2D eigenvalue weighted by Gasteiger charge is -2.26. The number of amides is 1. The van der Waals surface area contributed by atoms with E-state index in [0.717, 1.165) is 36.7 Å². The van der Waals surface area contributed by atoms with Crippen LogP contribution >= 0.6 is 11.8 Å². The number of carbonyl (C=O) groups excluding carboxylic acids is 1. The van der Waals surface area contributed by atoms with E-state index in [1.54, 1.807) is 29.1 Å². The smallest absolute Gasteiger partial charge is 0.294 e. The van der Waals surface area contributed by atoms with Crippen LogP contribution < -0.4 is 5.32 Å². The molecule has 0 saturated carbocycles. The van der Waals surface area contributed by atoms with Crippen molar-refractivity contribution in [2.24, 2.45) is 0 Å². The molecule has 154 valence electrons. The number of benzene rings is 2. The number of nitro groups is 1. The van der Waals surface area contributed by atoms with Crippen LogP contribution in [0.15, 0.2) is 61.2 Å². The molecular weight excluding hydrogens is 402 g/mol. The van der Waals surface area contributed by atoms with Gasteiger partial charge in [0.2, 0.25) is 0 Å². The minimum Gasteiger partial charge on any atom is -0.322 e. The Balaban J connectivity index is 1.50. The molecule has 30 heavy (non-hydrogen) atoms. The molecule has 0 radical (unpaired) electrons. The lowest BCUT2D eigenvalue weighted by molar-refractivity contribution is -0.384. The maximum atomic E-state index is 12.7. The van der Waals surface area contributed by atoms with Crippen LogP contribution in [0.25, 0.3) is 5.69 Å². The number of nitrogens with one attached hydrogen (secondary N) is 1. The van der Waals surface area contributed by atoms with E-state index >= 15 is 0 Å². The molecule has 1 aromatic heterocycles.